The number of aromatic nitrogens is 1. The van der Waals surface area contributed by atoms with E-state index in [9.17, 15) is 14.4 Å². The van der Waals surface area contributed by atoms with Crippen LogP contribution < -0.4 is 5.32 Å². The molecule has 0 aliphatic carbocycles. The van der Waals surface area contributed by atoms with Gasteiger partial charge in [-0.05, 0) is 44.3 Å². The molecule has 1 saturated heterocycles. The van der Waals surface area contributed by atoms with Crippen molar-refractivity contribution in [2.45, 2.75) is 40.0 Å². The molecule has 0 radical (unpaired) electrons. The number of amides is 1. The molecule has 26 heavy (non-hydrogen) atoms. The largest absolute Gasteiger partial charge is 0.465 e. The van der Waals surface area contributed by atoms with Crippen LogP contribution in [0.15, 0.2) is 0 Å². The molecule has 0 spiro atoms. The summed E-state index contributed by atoms with van der Waals surface area (Å²) in [5, 5.41) is 2.92. The molecule has 1 amide bonds. The van der Waals surface area contributed by atoms with Crippen molar-refractivity contribution in [2.75, 3.05) is 33.3 Å². The third-order valence-electron chi connectivity index (χ3n) is 4.82. The monoisotopic (exact) mass is 363 g/mol. The van der Waals surface area contributed by atoms with Crippen LogP contribution in [0, 0.1) is 12.8 Å². The zero-order valence-corrected chi connectivity index (χ0v) is 16.1. The molecule has 1 aliphatic rings. The topological polar surface area (TPSA) is 91.5 Å². The first-order valence-corrected chi connectivity index (χ1v) is 9.13. The van der Waals surface area contributed by atoms with Crippen LogP contribution in [0.25, 0.3) is 0 Å². The van der Waals surface area contributed by atoms with E-state index in [-0.39, 0.29) is 23.7 Å². The average molecular weight is 363 g/mol. The molecule has 1 atom stereocenters. The minimum Gasteiger partial charge on any atom is -0.465 e. The Morgan fingerprint density at radius 3 is 2.50 bits per heavy atom. The van der Waals surface area contributed by atoms with Gasteiger partial charge in [-0.2, -0.15) is 0 Å². The number of ether oxygens (including phenoxy) is 1. The van der Waals surface area contributed by atoms with E-state index in [0.29, 0.717) is 29.4 Å². The van der Waals surface area contributed by atoms with Crippen molar-refractivity contribution < 1.29 is 19.1 Å². The average Bonchev–Trinajstić information content (AvgIpc) is 3.20. The third-order valence-corrected chi connectivity index (χ3v) is 4.82. The number of H-pyrrole nitrogens is 1. The second kappa shape index (κ2) is 8.98. The van der Waals surface area contributed by atoms with Crippen molar-refractivity contribution in [3.8, 4) is 0 Å². The molecule has 2 N–H and O–H groups in total. The van der Waals surface area contributed by atoms with Gasteiger partial charge in [0.1, 0.15) is 0 Å². The lowest BCUT2D eigenvalue weighted by Crippen LogP contribution is -2.35. The van der Waals surface area contributed by atoms with Crippen LogP contribution in [0.5, 0.6) is 0 Å². The van der Waals surface area contributed by atoms with Gasteiger partial charge < -0.3 is 19.9 Å². The van der Waals surface area contributed by atoms with Gasteiger partial charge >= 0.3 is 5.97 Å². The maximum absolute atomic E-state index is 12.3. The van der Waals surface area contributed by atoms with Crippen LogP contribution in [0.3, 0.4) is 0 Å². The van der Waals surface area contributed by atoms with Crippen molar-refractivity contribution in [1.29, 1.82) is 0 Å². The molecule has 144 valence electrons. The molecule has 0 bridgehead atoms. The number of methoxy groups -OCH3 is 1. The van der Waals surface area contributed by atoms with E-state index in [1.165, 1.54) is 26.9 Å². The highest BCUT2D eigenvalue weighted by Crippen LogP contribution is 2.20. The Morgan fingerprint density at radius 1 is 1.27 bits per heavy atom. The summed E-state index contributed by atoms with van der Waals surface area (Å²) >= 11 is 0. The number of esters is 1. The normalized spacial score (nSPS) is 15.7. The molecule has 2 heterocycles. The molecule has 0 aromatic carbocycles. The lowest BCUT2D eigenvalue weighted by Gasteiger charge is -2.20. The molecule has 1 aromatic rings. The Hall–Kier alpha value is -2.15. The van der Waals surface area contributed by atoms with E-state index in [0.717, 1.165) is 19.6 Å². The summed E-state index contributed by atoms with van der Waals surface area (Å²) in [4.78, 5) is 41.4. The SMILES string of the molecule is COC(=O)c1c(CC(=O)NCC(C)CN2CCCC2)[nH]c(C(C)=O)c1C. The Balaban J connectivity index is 1.98. The Kier molecular flexibility index (Phi) is 6.97. The van der Waals surface area contributed by atoms with Crippen LogP contribution in [0.2, 0.25) is 0 Å². The minimum absolute atomic E-state index is 0.00892. The fraction of sp³-hybridized carbons (Fsp3) is 0.632. The van der Waals surface area contributed by atoms with Gasteiger partial charge in [-0.15, -0.1) is 0 Å². The molecule has 1 unspecified atom stereocenters. The summed E-state index contributed by atoms with van der Waals surface area (Å²) in [6.45, 7) is 9.05. The van der Waals surface area contributed by atoms with E-state index >= 15 is 0 Å². The number of carbonyl (C=O) groups is 3. The first kappa shape index (κ1) is 20.2. The van der Waals surface area contributed by atoms with Gasteiger partial charge in [-0.25, -0.2) is 4.79 Å². The number of aromatic amines is 1. The molecule has 1 aliphatic heterocycles. The number of nitrogens with zero attached hydrogens (tertiary/aromatic N) is 1. The Labute approximate surface area is 154 Å². The van der Waals surface area contributed by atoms with Crippen LogP contribution in [0.4, 0.5) is 0 Å². The van der Waals surface area contributed by atoms with Gasteiger partial charge in [0, 0.05) is 25.7 Å². The van der Waals surface area contributed by atoms with Crippen molar-refractivity contribution in [3.05, 3.63) is 22.5 Å². The van der Waals surface area contributed by atoms with Crippen molar-refractivity contribution >= 4 is 17.7 Å². The number of likely N-dealkylation sites (tertiary alicyclic amines) is 1. The summed E-state index contributed by atoms with van der Waals surface area (Å²) in [5.41, 5.74) is 1.56. The number of hydrogen-bond donors (Lipinski definition) is 2. The van der Waals surface area contributed by atoms with E-state index in [2.05, 4.69) is 22.1 Å². The second-order valence-electron chi connectivity index (χ2n) is 7.12. The number of hydrogen-bond acceptors (Lipinski definition) is 5. The predicted molar refractivity (Wildman–Crippen MR) is 98.4 cm³/mol. The van der Waals surface area contributed by atoms with Crippen LogP contribution >= 0.6 is 0 Å². The number of Topliss-reactive ketones (excluding diaryl/α,β-unsaturated/α-hetero) is 1. The molecule has 7 heteroatoms. The third kappa shape index (κ3) is 4.94. The van der Waals surface area contributed by atoms with Gasteiger partial charge in [-0.3, -0.25) is 9.59 Å². The number of ketones is 1. The van der Waals surface area contributed by atoms with E-state index in [1.807, 2.05) is 0 Å². The van der Waals surface area contributed by atoms with Gasteiger partial charge in [0.25, 0.3) is 0 Å². The van der Waals surface area contributed by atoms with Crippen LogP contribution in [-0.4, -0.2) is 60.8 Å². The number of carbonyl (C=O) groups excluding carboxylic acids is 3. The predicted octanol–water partition coefficient (Wildman–Crippen LogP) is 1.70. The first-order valence-electron chi connectivity index (χ1n) is 9.13. The number of nitrogens with one attached hydrogen (secondary N) is 2. The van der Waals surface area contributed by atoms with E-state index in [4.69, 9.17) is 4.74 Å². The fourth-order valence-corrected chi connectivity index (χ4v) is 3.50. The summed E-state index contributed by atoms with van der Waals surface area (Å²) in [7, 11) is 1.28. The zero-order valence-electron chi connectivity index (χ0n) is 16.1. The smallest absolute Gasteiger partial charge is 0.339 e. The van der Waals surface area contributed by atoms with Gasteiger partial charge in [0.05, 0.1) is 24.8 Å². The zero-order chi connectivity index (χ0) is 19.3. The fourth-order valence-electron chi connectivity index (χ4n) is 3.50. The number of rotatable bonds is 8. The molecular weight excluding hydrogens is 334 g/mol. The Morgan fingerprint density at radius 2 is 1.92 bits per heavy atom. The van der Waals surface area contributed by atoms with Gasteiger partial charge in [0.2, 0.25) is 5.91 Å². The van der Waals surface area contributed by atoms with E-state index in [1.54, 1.807) is 6.92 Å². The molecule has 1 aromatic heterocycles. The lowest BCUT2D eigenvalue weighted by atomic mass is 10.1. The maximum Gasteiger partial charge on any atom is 0.339 e. The van der Waals surface area contributed by atoms with Crippen molar-refractivity contribution in [1.82, 2.24) is 15.2 Å². The highest BCUT2D eigenvalue weighted by Gasteiger charge is 2.24. The maximum atomic E-state index is 12.3. The molecule has 1 fully saturated rings. The summed E-state index contributed by atoms with van der Waals surface area (Å²) < 4.78 is 4.80. The van der Waals surface area contributed by atoms with Crippen LogP contribution in [-0.2, 0) is 16.0 Å². The lowest BCUT2D eigenvalue weighted by molar-refractivity contribution is -0.120. The van der Waals surface area contributed by atoms with Crippen LogP contribution in [0.1, 0.15) is 58.8 Å². The molecule has 7 nitrogen and oxygen atoms in total. The molecule has 0 saturated carbocycles. The minimum atomic E-state index is -0.545. The highest BCUT2D eigenvalue weighted by molar-refractivity contribution is 6.01. The van der Waals surface area contributed by atoms with Crippen molar-refractivity contribution in [3.63, 3.8) is 0 Å². The first-order chi connectivity index (χ1) is 12.3. The summed E-state index contributed by atoms with van der Waals surface area (Å²) in [6.07, 6.45) is 2.51. The summed E-state index contributed by atoms with van der Waals surface area (Å²) in [5.74, 6) is -0.551. The molecular formula is C19H29N3O4. The second-order valence-corrected chi connectivity index (χ2v) is 7.12. The van der Waals surface area contributed by atoms with E-state index < -0.39 is 5.97 Å². The standard InChI is InChI=1S/C19H29N3O4/c1-12(11-22-7-5-6-8-22)10-20-16(24)9-15-17(19(25)26-4)13(2)18(21-15)14(3)23/h12,21H,5-11H2,1-4H3,(H,20,24). The van der Waals surface area contributed by atoms with Gasteiger partial charge in [0.15, 0.2) is 5.78 Å². The molecule has 2 rings (SSSR count). The highest BCUT2D eigenvalue weighted by atomic mass is 16.5. The van der Waals surface area contributed by atoms with Crippen molar-refractivity contribution in [2.24, 2.45) is 5.92 Å². The summed E-state index contributed by atoms with van der Waals surface area (Å²) in [6, 6.07) is 0. The quantitative estimate of drug-likeness (QED) is 0.542. The van der Waals surface area contributed by atoms with Gasteiger partial charge in [-0.1, -0.05) is 6.92 Å². The Bertz CT molecular complexity index is 675.